The predicted octanol–water partition coefficient (Wildman–Crippen LogP) is -1.28. The van der Waals surface area contributed by atoms with Gasteiger partial charge < -0.3 is 10.0 Å². The lowest BCUT2D eigenvalue weighted by Gasteiger charge is -1.97. The molecule has 0 spiro atoms. The Morgan fingerprint density at radius 1 is 1.38 bits per heavy atom. The third kappa shape index (κ3) is 1.41. The molecule has 5 nitrogen and oxygen atoms in total. The largest absolute Gasteiger partial charge is 0.490 e. The first-order valence-corrected chi connectivity index (χ1v) is 3.86. The predicted molar refractivity (Wildman–Crippen MR) is 47.5 cm³/mol. The highest BCUT2D eigenvalue weighted by Crippen LogP contribution is 1.97. The molecule has 0 aliphatic heterocycles. The van der Waals surface area contributed by atoms with Crippen LogP contribution in [-0.2, 0) is 0 Å². The molecule has 0 radical (unpaired) electrons. The second-order valence-corrected chi connectivity index (χ2v) is 2.80. The van der Waals surface area contributed by atoms with Crippen LogP contribution in [0, 0.1) is 6.92 Å². The normalized spacial score (nSPS) is 10.7. The standard InChI is InChI=1S/C7H8BN3O2/c1-5-9-7-3-2-6(8(12)13)4-11(7)10-5/h2-4,12-13H,1H3. The van der Waals surface area contributed by atoms with E-state index in [0.29, 0.717) is 16.9 Å². The molecule has 2 aromatic heterocycles. The molecule has 0 aliphatic rings. The maximum absolute atomic E-state index is 8.88. The van der Waals surface area contributed by atoms with Crippen LogP contribution in [0.3, 0.4) is 0 Å². The van der Waals surface area contributed by atoms with Crippen LogP contribution in [-0.4, -0.2) is 31.8 Å². The van der Waals surface area contributed by atoms with E-state index in [4.69, 9.17) is 10.0 Å². The second-order valence-electron chi connectivity index (χ2n) is 2.80. The Morgan fingerprint density at radius 2 is 2.15 bits per heavy atom. The Kier molecular flexibility index (Phi) is 1.79. The topological polar surface area (TPSA) is 70.7 Å². The van der Waals surface area contributed by atoms with Gasteiger partial charge in [-0.25, -0.2) is 9.50 Å². The molecule has 0 fully saturated rings. The minimum atomic E-state index is -1.46. The highest BCUT2D eigenvalue weighted by Gasteiger charge is 2.11. The number of pyridine rings is 1. The molecule has 0 unspecified atom stereocenters. The van der Waals surface area contributed by atoms with Crippen molar-refractivity contribution in [2.75, 3.05) is 0 Å². The molecule has 2 heterocycles. The zero-order chi connectivity index (χ0) is 9.42. The van der Waals surface area contributed by atoms with Crippen molar-refractivity contribution in [2.24, 2.45) is 0 Å². The summed E-state index contributed by atoms with van der Waals surface area (Å²) in [4.78, 5) is 4.10. The van der Waals surface area contributed by atoms with Crippen molar-refractivity contribution in [3.8, 4) is 0 Å². The van der Waals surface area contributed by atoms with Gasteiger partial charge in [0.15, 0.2) is 5.65 Å². The first-order valence-electron chi connectivity index (χ1n) is 3.86. The quantitative estimate of drug-likeness (QED) is 0.532. The average molecular weight is 177 g/mol. The summed E-state index contributed by atoms with van der Waals surface area (Å²) in [7, 11) is -1.46. The van der Waals surface area contributed by atoms with Crippen molar-refractivity contribution in [3.05, 3.63) is 24.2 Å². The molecule has 6 heteroatoms. The summed E-state index contributed by atoms with van der Waals surface area (Å²) in [5.41, 5.74) is 1.10. The Bertz CT molecular complexity index is 440. The second kappa shape index (κ2) is 2.83. The van der Waals surface area contributed by atoms with Crippen LogP contribution in [0.5, 0.6) is 0 Å². The summed E-state index contributed by atoms with van der Waals surface area (Å²) in [6.07, 6.45) is 1.54. The summed E-state index contributed by atoms with van der Waals surface area (Å²) < 4.78 is 1.52. The van der Waals surface area contributed by atoms with E-state index >= 15 is 0 Å². The molecule has 0 aromatic carbocycles. The van der Waals surface area contributed by atoms with Crippen molar-refractivity contribution in [1.82, 2.24) is 14.6 Å². The van der Waals surface area contributed by atoms with E-state index in [1.54, 1.807) is 25.3 Å². The Balaban J connectivity index is 2.61. The maximum Gasteiger partial charge on any atom is 0.490 e. The van der Waals surface area contributed by atoms with Gasteiger partial charge >= 0.3 is 7.12 Å². The van der Waals surface area contributed by atoms with E-state index in [2.05, 4.69) is 10.1 Å². The minimum Gasteiger partial charge on any atom is -0.423 e. The average Bonchev–Trinajstić information content (AvgIpc) is 2.42. The summed E-state index contributed by atoms with van der Waals surface area (Å²) in [5, 5.41) is 21.8. The van der Waals surface area contributed by atoms with Gasteiger partial charge in [0.25, 0.3) is 0 Å². The van der Waals surface area contributed by atoms with Crippen LogP contribution in [0.15, 0.2) is 18.3 Å². The monoisotopic (exact) mass is 177 g/mol. The first-order chi connectivity index (χ1) is 6.16. The van der Waals surface area contributed by atoms with Gasteiger partial charge in [0.2, 0.25) is 0 Å². The maximum atomic E-state index is 8.88. The van der Waals surface area contributed by atoms with Crippen molar-refractivity contribution in [3.63, 3.8) is 0 Å². The van der Waals surface area contributed by atoms with Gasteiger partial charge in [-0.1, -0.05) is 6.07 Å². The van der Waals surface area contributed by atoms with Crippen LogP contribution in [0.25, 0.3) is 5.65 Å². The highest BCUT2D eigenvalue weighted by molar-refractivity contribution is 6.58. The first kappa shape index (κ1) is 8.21. The number of hydrogen-bond donors (Lipinski definition) is 2. The summed E-state index contributed by atoms with van der Waals surface area (Å²) in [6, 6.07) is 3.29. The molecular weight excluding hydrogens is 169 g/mol. The van der Waals surface area contributed by atoms with E-state index in [1.807, 2.05) is 0 Å². The summed E-state index contributed by atoms with van der Waals surface area (Å²) in [6.45, 7) is 1.78. The van der Waals surface area contributed by atoms with Crippen LogP contribution < -0.4 is 5.46 Å². The van der Waals surface area contributed by atoms with Crippen molar-refractivity contribution in [2.45, 2.75) is 6.92 Å². The number of fused-ring (bicyclic) bond motifs is 1. The Morgan fingerprint density at radius 3 is 2.85 bits per heavy atom. The van der Waals surface area contributed by atoms with Crippen LogP contribution >= 0.6 is 0 Å². The lowest BCUT2D eigenvalue weighted by atomic mass is 9.82. The number of aryl methyl sites for hydroxylation is 1. The van der Waals surface area contributed by atoms with Crippen LogP contribution in [0.4, 0.5) is 0 Å². The van der Waals surface area contributed by atoms with Crippen LogP contribution in [0.1, 0.15) is 5.82 Å². The van der Waals surface area contributed by atoms with E-state index in [1.165, 1.54) is 4.52 Å². The fourth-order valence-corrected chi connectivity index (χ4v) is 1.16. The highest BCUT2D eigenvalue weighted by atomic mass is 16.4. The van der Waals surface area contributed by atoms with Gasteiger partial charge in [-0.15, -0.1) is 0 Å². The molecule has 0 saturated carbocycles. The Hall–Kier alpha value is -1.40. The SMILES string of the molecule is Cc1nc2ccc(B(O)O)cn2n1. The number of rotatable bonds is 1. The summed E-state index contributed by atoms with van der Waals surface area (Å²) in [5.74, 6) is 0.657. The zero-order valence-corrected chi connectivity index (χ0v) is 7.05. The molecule has 2 aromatic rings. The fourth-order valence-electron chi connectivity index (χ4n) is 1.16. The molecular formula is C7H8BN3O2. The molecule has 2 rings (SSSR count). The van der Waals surface area contributed by atoms with Gasteiger partial charge in [-0.05, 0) is 13.0 Å². The van der Waals surface area contributed by atoms with Crippen LogP contribution in [0.2, 0.25) is 0 Å². The number of aromatic nitrogens is 3. The van der Waals surface area contributed by atoms with Crippen molar-refractivity contribution in [1.29, 1.82) is 0 Å². The van der Waals surface area contributed by atoms with E-state index in [-0.39, 0.29) is 0 Å². The minimum absolute atomic E-state index is 0.400. The van der Waals surface area contributed by atoms with Gasteiger partial charge in [-0.2, -0.15) is 5.10 Å². The number of hydrogen-bond acceptors (Lipinski definition) is 4. The molecule has 0 saturated heterocycles. The Labute approximate surface area is 74.8 Å². The van der Waals surface area contributed by atoms with Crippen molar-refractivity contribution >= 4 is 18.2 Å². The lowest BCUT2D eigenvalue weighted by molar-refractivity contribution is 0.425. The number of nitrogens with zero attached hydrogens (tertiary/aromatic N) is 3. The summed E-state index contributed by atoms with van der Waals surface area (Å²) >= 11 is 0. The molecule has 0 atom stereocenters. The molecule has 2 N–H and O–H groups in total. The third-order valence-corrected chi connectivity index (χ3v) is 1.76. The smallest absolute Gasteiger partial charge is 0.423 e. The molecule has 13 heavy (non-hydrogen) atoms. The fraction of sp³-hybridized carbons (Fsp3) is 0.143. The lowest BCUT2D eigenvalue weighted by Crippen LogP contribution is -2.30. The molecule has 0 bridgehead atoms. The van der Waals surface area contributed by atoms with Crippen molar-refractivity contribution < 1.29 is 10.0 Å². The van der Waals surface area contributed by atoms with Gasteiger partial charge in [0, 0.05) is 11.7 Å². The zero-order valence-electron chi connectivity index (χ0n) is 7.05. The van der Waals surface area contributed by atoms with Gasteiger partial charge in [0.05, 0.1) is 0 Å². The molecule has 0 aliphatic carbocycles. The van der Waals surface area contributed by atoms with E-state index in [0.717, 1.165) is 0 Å². The molecule has 66 valence electrons. The van der Waals surface area contributed by atoms with E-state index in [9.17, 15) is 0 Å². The third-order valence-electron chi connectivity index (χ3n) is 1.76. The van der Waals surface area contributed by atoms with Gasteiger partial charge in [0.1, 0.15) is 5.82 Å². The van der Waals surface area contributed by atoms with E-state index < -0.39 is 7.12 Å². The molecule has 0 amide bonds. The van der Waals surface area contributed by atoms with Gasteiger partial charge in [-0.3, -0.25) is 0 Å².